The molecule has 1 amide bonds. The van der Waals surface area contributed by atoms with Crippen molar-refractivity contribution in [2.45, 2.75) is 186 Å². The van der Waals surface area contributed by atoms with E-state index < -0.39 is 30.7 Å². The summed E-state index contributed by atoms with van der Waals surface area (Å²) in [5.74, 6) is -0.850. The third-order valence-corrected chi connectivity index (χ3v) is 15.8. The van der Waals surface area contributed by atoms with Gasteiger partial charge < -0.3 is 42.8 Å². The van der Waals surface area contributed by atoms with Gasteiger partial charge in [-0.25, -0.2) is 4.98 Å². The van der Waals surface area contributed by atoms with Gasteiger partial charge in [0.2, 0.25) is 5.91 Å². The number of nitrogens with zero attached hydrogens (tertiary/aromatic N) is 2. The second-order valence-corrected chi connectivity index (χ2v) is 19.9. The van der Waals surface area contributed by atoms with Crippen molar-refractivity contribution in [1.29, 1.82) is 0 Å². The van der Waals surface area contributed by atoms with Gasteiger partial charge in [0.15, 0.2) is 18.4 Å². The molecule has 7 rings (SSSR count). The highest BCUT2D eigenvalue weighted by Crippen LogP contribution is 2.62. The maximum atomic E-state index is 15.1. The zero-order chi connectivity index (χ0) is 43.2. The smallest absolute Gasteiger partial charge is 0.306 e. The molecular weight excluding hydrogens is 789 g/mol. The summed E-state index contributed by atoms with van der Waals surface area (Å²) in [5, 5.41) is 0.980. The Labute approximate surface area is 360 Å². The molecule has 0 aromatic carbocycles. The fourth-order valence-electron chi connectivity index (χ4n) is 11.6. The zero-order valence-corrected chi connectivity index (χ0v) is 38.4. The summed E-state index contributed by atoms with van der Waals surface area (Å²) in [7, 11) is 6.81. The van der Waals surface area contributed by atoms with E-state index in [1.54, 1.807) is 32.7 Å². The Balaban J connectivity index is 1.15. The number of carbonyl (C=O) groups excluding carboxylic acids is 3. The van der Waals surface area contributed by atoms with E-state index in [0.717, 1.165) is 36.4 Å². The van der Waals surface area contributed by atoms with Crippen molar-refractivity contribution >= 4 is 29.0 Å². The van der Waals surface area contributed by atoms with Crippen LogP contribution in [-0.2, 0) is 52.3 Å². The molecule has 3 aliphatic carbocycles. The van der Waals surface area contributed by atoms with Crippen molar-refractivity contribution in [3.63, 3.8) is 0 Å². The van der Waals surface area contributed by atoms with Gasteiger partial charge in [-0.3, -0.25) is 14.4 Å². The van der Waals surface area contributed by atoms with Crippen LogP contribution in [-0.4, -0.2) is 123 Å². The summed E-state index contributed by atoms with van der Waals surface area (Å²) in [4.78, 5) is 50.0. The van der Waals surface area contributed by atoms with Crippen LogP contribution >= 0.6 is 11.3 Å². The molecule has 1 aromatic rings. The van der Waals surface area contributed by atoms with Gasteiger partial charge in [-0.05, 0) is 83.1 Å². The molecular formula is C46H70N2O11S. The van der Waals surface area contributed by atoms with Gasteiger partial charge in [-0.1, -0.05) is 33.8 Å². The third kappa shape index (κ3) is 8.92. The van der Waals surface area contributed by atoms with E-state index >= 15 is 4.79 Å². The van der Waals surface area contributed by atoms with E-state index in [-0.39, 0.29) is 102 Å². The van der Waals surface area contributed by atoms with Crippen LogP contribution in [0.5, 0.6) is 0 Å². The van der Waals surface area contributed by atoms with Crippen LogP contribution in [0, 0.1) is 36.5 Å². The topological polar surface area (TPSA) is 141 Å². The molecule has 336 valence electrons. The third-order valence-electron chi connectivity index (χ3n) is 14.7. The number of cyclic esters (lactones) is 1. The summed E-state index contributed by atoms with van der Waals surface area (Å²) in [6.07, 6.45) is 4.52. The number of fused-ring (bicyclic) bond motifs is 8. The van der Waals surface area contributed by atoms with E-state index in [0.29, 0.717) is 31.3 Å². The highest BCUT2D eigenvalue weighted by Gasteiger charge is 2.57. The first-order valence-electron chi connectivity index (χ1n) is 22.6. The van der Waals surface area contributed by atoms with Crippen molar-refractivity contribution in [2.24, 2.45) is 29.6 Å². The summed E-state index contributed by atoms with van der Waals surface area (Å²) >= 11 is 1.73. The summed E-state index contributed by atoms with van der Waals surface area (Å²) in [6.45, 7) is 13.9. The van der Waals surface area contributed by atoms with Gasteiger partial charge in [0, 0.05) is 69.3 Å². The summed E-state index contributed by atoms with van der Waals surface area (Å²) < 4.78 is 50.2. The number of methoxy groups -OCH3 is 3. The molecule has 13 nitrogen and oxygen atoms in total. The van der Waals surface area contributed by atoms with Crippen LogP contribution < -0.4 is 0 Å². The lowest BCUT2D eigenvalue weighted by Crippen LogP contribution is -2.59. The predicted octanol–water partition coefficient (Wildman–Crippen LogP) is 6.88. The molecule has 3 saturated heterocycles. The van der Waals surface area contributed by atoms with Crippen molar-refractivity contribution in [2.75, 3.05) is 28.4 Å². The number of Topliss-reactive ketones (excluding diaryl/α,β-unsaturated/α-hetero) is 1. The van der Waals surface area contributed by atoms with Crippen molar-refractivity contribution in [1.82, 2.24) is 9.88 Å². The van der Waals surface area contributed by atoms with Gasteiger partial charge in [-0.2, -0.15) is 0 Å². The Morgan fingerprint density at radius 3 is 2.33 bits per heavy atom. The molecule has 0 N–H and O–H groups in total. The summed E-state index contributed by atoms with van der Waals surface area (Å²) in [6, 6.07) is -0.0445. The van der Waals surface area contributed by atoms with E-state index in [2.05, 4.69) is 13.0 Å². The Kier molecular flexibility index (Phi) is 14.6. The molecule has 17 atom stereocenters. The average Bonchev–Trinajstić information content (AvgIpc) is 3.93. The number of rotatable bonds is 10. The van der Waals surface area contributed by atoms with Gasteiger partial charge in [0.25, 0.3) is 0 Å². The maximum Gasteiger partial charge on any atom is 0.306 e. The lowest BCUT2D eigenvalue weighted by atomic mass is 9.67. The molecule has 6 unspecified atom stereocenters. The van der Waals surface area contributed by atoms with Crippen LogP contribution in [0.2, 0.25) is 0 Å². The predicted molar refractivity (Wildman–Crippen MR) is 224 cm³/mol. The minimum absolute atomic E-state index is 0.00738. The normalized spacial score (nSPS) is 41.0. The zero-order valence-electron chi connectivity index (χ0n) is 37.6. The second-order valence-electron chi connectivity index (χ2n) is 18.6. The van der Waals surface area contributed by atoms with Crippen LogP contribution in [0.4, 0.5) is 0 Å². The Morgan fingerprint density at radius 1 is 0.933 bits per heavy atom. The Hall–Kier alpha value is -2.30. The molecule has 6 aliphatic rings. The van der Waals surface area contributed by atoms with E-state index in [1.807, 2.05) is 53.5 Å². The number of hydrogen-bond acceptors (Lipinski definition) is 13. The van der Waals surface area contributed by atoms with Gasteiger partial charge in [-0.15, -0.1) is 11.3 Å². The van der Waals surface area contributed by atoms with E-state index in [1.165, 1.54) is 4.88 Å². The molecule has 1 saturated carbocycles. The van der Waals surface area contributed by atoms with Gasteiger partial charge in [0.05, 0.1) is 47.6 Å². The molecule has 1 aromatic heterocycles. The average molecular weight is 859 g/mol. The second kappa shape index (κ2) is 19.2. The fourth-order valence-corrected chi connectivity index (χ4v) is 12.8. The minimum atomic E-state index is -0.645. The van der Waals surface area contributed by atoms with Crippen molar-refractivity contribution < 1.29 is 52.3 Å². The number of likely N-dealkylation sites (N-methyl/N-ethyl adjacent to an activating group) is 1. The molecule has 3 aliphatic heterocycles. The van der Waals surface area contributed by atoms with Crippen LogP contribution in [0.3, 0.4) is 0 Å². The number of aromatic nitrogens is 1. The lowest BCUT2D eigenvalue weighted by molar-refractivity contribution is -0.314. The standard InChI is InChI=1S/C46H70N2O11S/c1-12-27-14-13-15-35(59-37-17-16-34(24(5)55-37)48(8)45(51)22(2)3)23(4)40(50)32-20-30-29-18-28(58-46-43(54-11)42(53-10)41(52-9)25(6)56-46)19-33(29)44-39(47-26(7)60-44)38(30)31(32)21-36(49)57-27/h20,22-25,27-31,33-35,37-38,41-43,46H,12-19,21H2,1-11H3/t23-,24?,25?,27+,28+,29+,30+,31-,33-,34+,35+,37+,38-,41?,42?,43?,46?/m1/s1. The quantitative estimate of drug-likeness (QED) is 0.227. The molecule has 0 radical (unpaired) electrons. The maximum absolute atomic E-state index is 15.1. The highest BCUT2D eigenvalue weighted by atomic mass is 32.1. The Morgan fingerprint density at radius 2 is 1.67 bits per heavy atom. The number of ketones is 1. The SMILES string of the molecule is CC[C@H]1CCC[C@H](O[C@H]2CC[C@H](N(C)C(=O)C(C)C)C(C)O2)[C@@H](C)C(=O)C2=C[C@H]3[C@@H]4C[C@H](OC5OC(C)C(OC)C(OC)C5OC)C[C@H]4c4sc(C)nc4[C@H]3[C@@H]2CC(=O)O1. The number of hydrogen-bond donors (Lipinski definition) is 0. The first-order valence-corrected chi connectivity index (χ1v) is 23.4. The molecule has 0 bridgehead atoms. The number of esters is 1. The highest BCUT2D eigenvalue weighted by molar-refractivity contribution is 7.11. The number of thiazole rings is 1. The van der Waals surface area contributed by atoms with Crippen LogP contribution in [0.1, 0.15) is 127 Å². The summed E-state index contributed by atoms with van der Waals surface area (Å²) in [5.41, 5.74) is 1.71. The number of ether oxygens (including phenoxy) is 8. The molecule has 0 spiro atoms. The number of aryl methyl sites for hydroxylation is 1. The largest absolute Gasteiger partial charge is 0.462 e. The monoisotopic (exact) mass is 858 g/mol. The molecule has 4 fully saturated rings. The van der Waals surface area contributed by atoms with E-state index in [9.17, 15) is 9.59 Å². The number of amides is 1. The van der Waals surface area contributed by atoms with Crippen molar-refractivity contribution in [3.8, 4) is 0 Å². The van der Waals surface area contributed by atoms with Crippen LogP contribution in [0.15, 0.2) is 11.6 Å². The van der Waals surface area contributed by atoms with Crippen molar-refractivity contribution in [3.05, 3.63) is 27.2 Å². The molecule has 4 heterocycles. The lowest BCUT2D eigenvalue weighted by Gasteiger charge is -2.44. The van der Waals surface area contributed by atoms with E-state index in [4.69, 9.17) is 42.9 Å². The fraction of sp³-hybridized carbons (Fsp3) is 0.826. The Bertz CT molecular complexity index is 1720. The van der Waals surface area contributed by atoms with Gasteiger partial charge >= 0.3 is 5.97 Å². The first-order chi connectivity index (χ1) is 28.7. The van der Waals surface area contributed by atoms with Crippen LogP contribution in [0.25, 0.3) is 0 Å². The molecule has 14 heteroatoms. The number of allylic oxidation sites excluding steroid dienone is 2. The number of carbonyl (C=O) groups is 3. The first kappa shape index (κ1) is 45.7. The molecule has 60 heavy (non-hydrogen) atoms. The minimum Gasteiger partial charge on any atom is -0.462 e. The van der Waals surface area contributed by atoms with Gasteiger partial charge in [0.1, 0.15) is 24.4 Å².